The van der Waals surface area contributed by atoms with Gasteiger partial charge in [0.1, 0.15) is 0 Å². The molecule has 5 nitrogen and oxygen atoms in total. The monoisotopic (exact) mass is 261 g/mol. The molecule has 4 aliphatic rings. The molecule has 1 heterocycles. The number of nitrogens with zero attached hydrogens (tertiary/aromatic N) is 4. The van der Waals surface area contributed by atoms with E-state index in [9.17, 15) is 0 Å². The van der Waals surface area contributed by atoms with Crippen molar-refractivity contribution < 1.29 is 0 Å². The molecule has 1 aromatic heterocycles. The van der Waals surface area contributed by atoms with Gasteiger partial charge in [-0.3, -0.25) is 0 Å². The highest BCUT2D eigenvalue weighted by Crippen LogP contribution is 2.59. The quantitative estimate of drug-likeness (QED) is 0.893. The Balaban J connectivity index is 1.54. The summed E-state index contributed by atoms with van der Waals surface area (Å²) in [5, 5.41) is 13.2. The third kappa shape index (κ3) is 1.98. The molecule has 0 unspecified atom stereocenters. The van der Waals surface area contributed by atoms with Crippen LogP contribution in [0.25, 0.3) is 0 Å². The van der Waals surface area contributed by atoms with Crippen LogP contribution in [-0.4, -0.2) is 26.8 Å². The van der Waals surface area contributed by atoms with E-state index < -0.39 is 0 Å². The predicted octanol–water partition coefficient (Wildman–Crippen LogP) is 1.56. The summed E-state index contributed by atoms with van der Waals surface area (Å²) >= 11 is 0. The first kappa shape index (κ1) is 11.8. The summed E-state index contributed by atoms with van der Waals surface area (Å²) < 4.78 is 0. The van der Waals surface area contributed by atoms with Crippen molar-refractivity contribution in [2.75, 3.05) is 6.54 Å². The average molecular weight is 261 g/mol. The molecule has 5 heteroatoms. The minimum atomic E-state index is 0.597. The highest BCUT2D eigenvalue weighted by Gasteiger charge is 2.50. The van der Waals surface area contributed by atoms with Gasteiger partial charge < -0.3 is 5.73 Å². The zero-order valence-corrected chi connectivity index (χ0v) is 11.4. The SMILES string of the molecule is NCCCn1nnc(C2C3CC4CC(C3)CC2C4)n1. The summed E-state index contributed by atoms with van der Waals surface area (Å²) in [7, 11) is 0. The number of hydrogen-bond donors (Lipinski definition) is 1. The van der Waals surface area contributed by atoms with Crippen LogP contribution in [0.5, 0.6) is 0 Å². The molecule has 4 bridgehead atoms. The standard InChI is InChI=1S/C14H23N5/c15-2-1-3-19-17-14(16-18-19)13-11-5-9-4-10(7-11)8-12(13)6-9/h9-13H,1-8,15H2. The van der Waals surface area contributed by atoms with Crippen LogP contribution in [0.1, 0.15) is 50.3 Å². The van der Waals surface area contributed by atoms with Crippen molar-refractivity contribution in [2.45, 2.75) is 51.0 Å². The van der Waals surface area contributed by atoms with Crippen molar-refractivity contribution in [2.24, 2.45) is 29.4 Å². The molecule has 0 spiro atoms. The van der Waals surface area contributed by atoms with Crippen molar-refractivity contribution in [3.8, 4) is 0 Å². The van der Waals surface area contributed by atoms with E-state index in [0.29, 0.717) is 12.5 Å². The smallest absolute Gasteiger partial charge is 0.178 e. The van der Waals surface area contributed by atoms with Crippen LogP contribution in [0.2, 0.25) is 0 Å². The lowest BCUT2D eigenvalue weighted by Gasteiger charge is -2.53. The summed E-state index contributed by atoms with van der Waals surface area (Å²) in [4.78, 5) is 1.74. The lowest BCUT2D eigenvalue weighted by molar-refractivity contribution is -0.00575. The summed E-state index contributed by atoms with van der Waals surface area (Å²) in [5.41, 5.74) is 5.53. The Hall–Kier alpha value is -0.970. The van der Waals surface area contributed by atoms with Gasteiger partial charge in [-0.05, 0) is 74.0 Å². The molecule has 0 atom stereocenters. The highest BCUT2D eigenvalue weighted by atomic mass is 15.6. The number of nitrogens with two attached hydrogens (primary N) is 1. The Morgan fingerprint density at radius 1 is 1.05 bits per heavy atom. The molecular formula is C14H23N5. The van der Waals surface area contributed by atoms with Gasteiger partial charge in [0.15, 0.2) is 5.82 Å². The van der Waals surface area contributed by atoms with Gasteiger partial charge in [0.05, 0.1) is 6.54 Å². The molecule has 0 saturated heterocycles. The molecule has 19 heavy (non-hydrogen) atoms. The first-order chi connectivity index (χ1) is 9.33. The zero-order chi connectivity index (χ0) is 12.8. The fourth-order valence-electron chi connectivity index (χ4n) is 5.06. The third-order valence-electron chi connectivity index (χ3n) is 5.56. The van der Waals surface area contributed by atoms with Crippen LogP contribution in [0, 0.1) is 23.7 Å². The van der Waals surface area contributed by atoms with Crippen LogP contribution < -0.4 is 5.73 Å². The van der Waals surface area contributed by atoms with Crippen LogP contribution in [0.15, 0.2) is 0 Å². The molecule has 1 aromatic rings. The van der Waals surface area contributed by atoms with Gasteiger partial charge in [-0.2, -0.15) is 4.80 Å². The lowest BCUT2D eigenvalue weighted by atomic mass is 9.52. The second-order valence-corrected chi connectivity index (χ2v) is 6.84. The zero-order valence-electron chi connectivity index (χ0n) is 11.4. The molecule has 0 amide bonds. The topological polar surface area (TPSA) is 69.6 Å². The molecule has 104 valence electrons. The number of hydrogen-bond acceptors (Lipinski definition) is 4. The first-order valence-corrected chi connectivity index (χ1v) is 7.81. The van der Waals surface area contributed by atoms with Crippen LogP contribution in [0.4, 0.5) is 0 Å². The second-order valence-electron chi connectivity index (χ2n) is 6.84. The molecule has 5 rings (SSSR count). The van der Waals surface area contributed by atoms with Gasteiger partial charge in [0, 0.05) is 5.92 Å². The first-order valence-electron chi connectivity index (χ1n) is 7.81. The normalized spacial score (nSPS) is 39.9. The Labute approximate surface area is 113 Å². The average Bonchev–Trinajstić information content (AvgIpc) is 2.83. The van der Waals surface area contributed by atoms with E-state index >= 15 is 0 Å². The maximum absolute atomic E-state index is 5.53. The van der Waals surface area contributed by atoms with Crippen molar-refractivity contribution in [1.29, 1.82) is 0 Å². The summed E-state index contributed by atoms with van der Waals surface area (Å²) in [6.45, 7) is 1.49. The number of aromatic nitrogens is 4. The van der Waals surface area contributed by atoms with Crippen molar-refractivity contribution >= 4 is 0 Å². The van der Waals surface area contributed by atoms with Crippen molar-refractivity contribution in [1.82, 2.24) is 20.2 Å². The number of aryl methyl sites for hydroxylation is 1. The maximum atomic E-state index is 5.53. The Kier molecular flexibility index (Phi) is 2.83. The third-order valence-corrected chi connectivity index (χ3v) is 5.56. The summed E-state index contributed by atoms with van der Waals surface area (Å²) in [6, 6.07) is 0. The van der Waals surface area contributed by atoms with Crippen molar-refractivity contribution in [3.63, 3.8) is 0 Å². The van der Waals surface area contributed by atoms with Gasteiger partial charge >= 0.3 is 0 Å². The largest absolute Gasteiger partial charge is 0.330 e. The van der Waals surface area contributed by atoms with E-state index in [0.717, 1.165) is 42.5 Å². The Morgan fingerprint density at radius 2 is 1.74 bits per heavy atom. The molecule has 4 aliphatic carbocycles. The van der Waals surface area contributed by atoms with Gasteiger partial charge in [0.25, 0.3) is 0 Å². The van der Waals surface area contributed by atoms with E-state index in [2.05, 4.69) is 15.4 Å². The van der Waals surface area contributed by atoms with E-state index in [1.54, 1.807) is 4.80 Å². The van der Waals surface area contributed by atoms with E-state index in [-0.39, 0.29) is 0 Å². The molecule has 0 aromatic carbocycles. The molecule has 2 N–H and O–H groups in total. The summed E-state index contributed by atoms with van der Waals surface area (Å²) in [5.74, 6) is 5.30. The molecule has 0 radical (unpaired) electrons. The fraction of sp³-hybridized carbons (Fsp3) is 0.929. The lowest BCUT2D eigenvalue weighted by Crippen LogP contribution is -2.44. The molecule has 4 fully saturated rings. The Morgan fingerprint density at radius 3 is 2.37 bits per heavy atom. The van der Waals surface area contributed by atoms with Crippen LogP contribution in [0.3, 0.4) is 0 Å². The molecule has 0 aliphatic heterocycles. The maximum Gasteiger partial charge on any atom is 0.178 e. The van der Waals surface area contributed by atoms with Gasteiger partial charge in [-0.15, -0.1) is 10.2 Å². The van der Waals surface area contributed by atoms with Gasteiger partial charge in [0.2, 0.25) is 0 Å². The fourth-order valence-corrected chi connectivity index (χ4v) is 5.06. The minimum absolute atomic E-state index is 0.597. The van der Waals surface area contributed by atoms with E-state index in [1.165, 1.54) is 32.1 Å². The summed E-state index contributed by atoms with van der Waals surface area (Å²) in [6.07, 6.45) is 8.07. The second kappa shape index (κ2) is 4.54. The van der Waals surface area contributed by atoms with Gasteiger partial charge in [-0.25, -0.2) is 0 Å². The highest BCUT2D eigenvalue weighted by molar-refractivity contribution is 5.09. The predicted molar refractivity (Wildman–Crippen MR) is 71.3 cm³/mol. The van der Waals surface area contributed by atoms with Crippen LogP contribution >= 0.6 is 0 Å². The minimum Gasteiger partial charge on any atom is -0.330 e. The number of tetrazole rings is 1. The van der Waals surface area contributed by atoms with E-state index in [1.807, 2.05) is 0 Å². The van der Waals surface area contributed by atoms with Gasteiger partial charge in [-0.1, -0.05) is 0 Å². The molecular weight excluding hydrogens is 238 g/mol. The van der Waals surface area contributed by atoms with Crippen LogP contribution in [-0.2, 0) is 6.54 Å². The number of rotatable bonds is 4. The Bertz CT molecular complexity index is 426. The van der Waals surface area contributed by atoms with Crippen molar-refractivity contribution in [3.05, 3.63) is 5.82 Å². The van der Waals surface area contributed by atoms with E-state index in [4.69, 9.17) is 5.73 Å². The molecule has 4 saturated carbocycles.